The van der Waals surface area contributed by atoms with E-state index >= 15 is 0 Å². The summed E-state index contributed by atoms with van der Waals surface area (Å²) in [7, 11) is -1.77. The molecule has 0 fully saturated rings. The zero-order valence-electron chi connectivity index (χ0n) is 11.3. The molecule has 0 atom stereocenters. The fourth-order valence-electron chi connectivity index (χ4n) is 1.59. The molecule has 2 aromatic rings. The van der Waals surface area contributed by atoms with E-state index in [1.54, 1.807) is 12.3 Å². The minimum Gasteiger partial charge on any atom is -0.316 e. The van der Waals surface area contributed by atoms with Crippen molar-refractivity contribution in [1.29, 1.82) is 0 Å². The highest BCUT2D eigenvalue weighted by Crippen LogP contribution is 2.11. The van der Waals surface area contributed by atoms with Crippen molar-refractivity contribution in [2.75, 3.05) is 7.05 Å². The van der Waals surface area contributed by atoms with Crippen LogP contribution in [-0.2, 0) is 23.1 Å². The van der Waals surface area contributed by atoms with Gasteiger partial charge in [-0.05, 0) is 25.6 Å². The molecule has 2 rings (SSSR count). The SMILES string of the molecule is CNCc1ccc(S(=O)(=O)NCc2nc(C)cs2)nc1. The molecule has 0 bridgehead atoms. The summed E-state index contributed by atoms with van der Waals surface area (Å²) in [6.07, 6.45) is 1.55. The summed E-state index contributed by atoms with van der Waals surface area (Å²) in [6.45, 7) is 2.70. The van der Waals surface area contributed by atoms with Crippen molar-refractivity contribution in [3.63, 3.8) is 0 Å². The maximum absolute atomic E-state index is 12.1. The van der Waals surface area contributed by atoms with Gasteiger partial charge >= 0.3 is 0 Å². The molecule has 0 aromatic carbocycles. The van der Waals surface area contributed by atoms with Crippen LogP contribution in [0.4, 0.5) is 0 Å². The van der Waals surface area contributed by atoms with Crippen molar-refractivity contribution < 1.29 is 8.42 Å². The maximum Gasteiger partial charge on any atom is 0.258 e. The van der Waals surface area contributed by atoms with Gasteiger partial charge in [0.25, 0.3) is 10.0 Å². The van der Waals surface area contributed by atoms with Crippen molar-refractivity contribution in [2.45, 2.75) is 25.0 Å². The second-order valence-corrected chi connectivity index (χ2v) is 6.90. The molecule has 2 N–H and O–H groups in total. The lowest BCUT2D eigenvalue weighted by atomic mass is 10.3. The highest BCUT2D eigenvalue weighted by atomic mass is 32.2. The molecule has 20 heavy (non-hydrogen) atoms. The van der Waals surface area contributed by atoms with Crippen LogP contribution < -0.4 is 10.0 Å². The fraction of sp³-hybridized carbons (Fsp3) is 0.333. The smallest absolute Gasteiger partial charge is 0.258 e. The minimum absolute atomic E-state index is 0.0191. The number of thiazole rings is 1. The van der Waals surface area contributed by atoms with Crippen LogP contribution in [-0.4, -0.2) is 25.4 Å². The summed E-state index contributed by atoms with van der Waals surface area (Å²) in [5.41, 5.74) is 1.82. The average Bonchev–Trinajstić information content (AvgIpc) is 2.84. The second kappa shape index (κ2) is 6.40. The van der Waals surface area contributed by atoms with E-state index in [0.717, 1.165) is 16.3 Å². The van der Waals surface area contributed by atoms with Crippen molar-refractivity contribution in [3.05, 3.63) is 40.0 Å². The van der Waals surface area contributed by atoms with Crippen LogP contribution >= 0.6 is 11.3 Å². The molecule has 6 nitrogen and oxygen atoms in total. The third-order valence-electron chi connectivity index (χ3n) is 2.53. The lowest BCUT2D eigenvalue weighted by molar-refractivity contribution is 0.577. The van der Waals surface area contributed by atoms with Crippen molar-refractivity contribution >= 4 is 21.4 Å². The molecule has 0 aliphatic rings. The topological polar surface area (TPSA) is 84.0 Å². The fourth-order valence-corrected chi connectivity index (χ4v) is 3.31. The van der Waals surface area contributed by atoms with Gasteiger partial charge in [0.15, 0.2) is 5.03 Å². The Morgan fingerprint density at radius 1 is 1.30 bits per heavy atom. The Labute approximate surface area is 122 Å². The second-order valence-electron chi connectivity index (χ2n) is 4.24. The summed E-state index contributed by atoms with van der Waals surface area (Å²) in [5.74, 6) is 0. The van der Waals surface area contributed by atoms with Gasteiger partial charge in [0.2, 0.25) is 0 Å². The van der Waals surface area contributed by atoms with Crippen LogP contribution in [0.1, 0.15) is 16.3 Å². The number of nitrogens with zero attached hydrogens (tertiary/aromatic N) is 2. The average molecular weight is 312 g/mol. The zero-order valence-corrected chi connectivity index (χ0v) is 12.9. The molecule has 0 saturated carbocycles. The van der Waals surface area contributed by atoms with Gasteiger partial charge < -0.3 is 5.32 Å². The van der Waals surface area contributed by atoms with E-state index in [-0.39, 0.29) is 11.6 Å². The van der Waals surface area contributed by atoms with Gasteiger partial charge in [0.1, 0.15) is 5.01 Å². The van der Waals surface area contributed by atoms with E-state index in [4.69, 9.17) is 0 Å². The van der Waals surface area contributed by atoms with Crippen LogP contribution in [0.15, 0.2) is 28.7 Å². The van der Waals surface area contributed by atoms with E-state index in [0.29, 0.717) is 6.54 Å². The minimum atomic E-state index is -3.60. The van der Waals surface area contributed by atoms with E-state index in [9.17, 15) is 8.42 Å². The van der Waals surface area contributed by atoms with E-state index < -0.39 is 10.0 Å². The maximum atomic E-state index is 12.1. The molecule has 0 amide bonds. The molecule has 0 aliphatic carbocycles. The first kappa shape index (κ1) is 15.0. The standard InChI is InChI=1S/C12H16N4O2S2/c1-9-8-19-11(16-9)7-15-20(17,18)12-4-3-10(5-13-2)6-14-12/h3-4,6,8,13,15H,5,7H2,1-2H3. The molecular weight excluding hydrogens is 296 g/mol. The van der Waals surface area contributed by atoms with Crippen LogP contribution in [0.3, 0.4) is 0 Å². The predicted octanol–water partition coefficient (Wildman–Crippen LogP) is 1.04. The number of hydrogen-bond acceptors (Lipinski definition) is 6. The number of sulfonamides is 1. The quantitative estimate of drug-likeness (QED) is 0.833. The van der Waals surface area contributed by atoms with Crippen LogP contribution in [0.2, 0.25) is 0 Å². The van der Waals surface area contributed by atoms with Crippen LogP contribution in [0.5, 0.6) is 0 Å². The molecular formula is C12H16N4O2S2. The predicted molar refractivity (Wildman–Crippen MR) is 77.9 cm³/mol. The van der Waals surface area contributed by atoms with Gasteiger partial charge in [-0.1, -0.05) is 6.07 Å². The Morgan fingerprint density at radius 3 is 2.65 bits per heavy atom. The van der Waals surface area contributed by atoms with Gasteiger partial charge in [0, 0.05) is 23.8 Å². The summed E-state index contributed by atoms with van der Waals surface area (Å²) in [6, 6.07) is 3.24. The van der Waals surface area contributed by atoms with Gasteiger partial charge in [-0.3, -0.25) is 0 Å². The number of nitrogens with one attached hydrogen (secondary N) is 2. The zero-order chi connectivity index (χ0) is 14.6. The molecule has 0 spiro atoms. The molecule has 0 aliphatic heterocycles. The number of aromatic nitrogens is 2. The Morgan fingerprint density at radius 2 is 2.10 bits per heavy atom. The number of aryl methyl sites for hydroxylation is 1. The molecule has 2 heterocycles. The summed E-state index contributed by atoms with van der Waals surface area (Å²) in [5, 5.41) is 5.62. The lowest BCUT2D eigenvalue weighted by Gasteiger charge is -2.05. The van der Waals surface area contributed by atoms with E-state index in [1.807, 2.05) is 19.4 Å². The molecule has 108 valence electrons. The number of pyridine rings is 1. The van der Waals surface area contributed by atoms with Crippen LogP contribution in [0.25, 0.3) is 0 Å². The summed E-state index contributed by atoms with van der Waals surface area (Å²) in [4.78, 5) is 8.19. The first-order chi connectivity index (χ1) is 9.51. The van der Waals surface area contributed by atoms with Crippen molar-refractivity contribution in [2.24, 2.45) is 0 Å². The number of hydrogen-bond donors (Lipinski definition) is 2. The molecule has 2 aromatic heterocycles. The highest BCUT2D eigenvalue weighted by Gasteiger charge is 2.15. The largest absolute Gasteiger partial charge is 0.316 e. The van der Waals surface area contributed by atoms with Gasteiger partial charge in [-0.2, -0.15) is 0 Å². The summed E-state index contributed by atoms with van der Waals surface area (Å²) < 4.78 is 26.6. The van der Waals surface area contributed by atoms with Gasteiger partial charge in [0.05, 0.1) is 6.54 Å². The highest BCUT2D eigenvalue weighted by molar-refractivity contribution is 7.89. The van der Waals surface area contributed by atoms with Crippen molar-refractivity contribution in [1.82, 2.24) is 20.0 Å². The Kier molecular flexibility index (Phi) is 4.81. The van der Waals surface area contributed by atoms with Crippen LogP contribution in [0, 0.1) is 6.92 Å². The molecule has 0 unspecified atom stereocenters. The lowest BCUT2D eigenvalue weighted by Crippen LogP contribution is -2.24. The Bertz CT molecular complexity index is 665. The van der Waals surface area contributed by atoms with Gasteiger partial charge in [-0.25, -0.2) is 23.1 Å². The monoisotopic (exact) mass is 312 g/mol. The first-order valence-corrected chi connectivity index (χ1v) is 8.38. The van der Waals surface area contributed by atoms with Crippen molar-refractivity contribution in [3.8, 4) is 0 Å². The third-order valence-corrected chi connectivity index (χ3v) is 4.82. The third kappa shape index (κ3) is 3.83. The van der Waals surface area contributed by atoms with Gasteiger partial charge in [-0.15, -0.1) is 11.3 Å². The number of rotatable bonds is 6. The molecule has 8 heteroatoms. The Balaban J connectivity index is 2.05. The Hall–Kier alpha value is -1.35. The molecule has 0 saturated heterocycles. The normalized spacial score (nSPS) is 11.7. The first-order valence-electron chi connectivity index (χ1n) is 6.01. The van der Waals surface area contributed by atoms with E-state index in [1.165, 1.54) is 17.4 Å². The summed E-state index contributed by atoms with van der Waals surface area (Å²) >= 11 is 1.43. The van der Waals surface area contributed by atoms with E-state index in [2.05, 4.69) is 20.0 Å². The molecule has 0 radical (unpaired) electrons.